The summed E-state index contributed by atoms with van der Waals surface area (Å²) in [5, 5.41) is 3.37. The Morgan fingerprint density at radius 2 is 1.85 bits per heavy atom. The number of halogens is 2. The molecule has 2 aliphatic heterocycles. The summed E-state index contributed by atoms with van der Waals surface area (Å²) in [6.07, 6.45) is 2.38. The van der Waals surface area contributed by atoms with E-state index < -0.39 is 5.92 Å². The van der Waals surface area contributed by atoms with E-state index in [2.05, 4.69) is 29.6 Å². The Morgan fingerprint density at radius 1 is 1.15 bits per heavy atom. The van der Waals surface area contributed by atoms with Gasteiger partial charge in [-0.3, -0.25) is 4.90 Å². The van der Waals surface area contributed by atoms with Crippen molar-refractivity contribution < 1.29 is 8.78 Å². The molecule has 1 aromatic rings. The predicted molar refractivity (Wildman–Crippen MR) is 76.1 cm³/mol. The van der Waals surface area contributed by atoms with Crippen molar-refractivity contribution in [3.05, 3.63) is 35.4 Å². The van der Waals surface area contributed by atoms with Gasteiger partial charge in [-0.1, -0.05) is 24.3 Å². The highest BCUT2D eigenvalue weighted by atomic mass is 19.3. The Morgan fingerprint density at radius 3 is 2.45 bits per heavy atom. The summed E-state index contributed by atoms with van der Waals surface area (Å²) >= 11 is 0. The lowest BCUT2D eigenvalue weighted by Gasteiger charge is -2.23. The minimum Gasteiger partial charge on any atom is -0.317 e. The Balaban J connectivity index is 1.59. The average Bonchev–Trinajstić information content (AvgIpc) is 2.80. The molecule has 0 amide bonds. The molecule has 2 aliphatic rings. The van der Waals surface area contributed by atoms with Crippen molar-refractivity contribution >= 4 is 0 Å². The standard InChI is InChI=1S/C16H22F2N2/c17-16(18)7-10-20(12-16)11-13-1-3-14(4-2-13)15-5-8-19-9-6-15/h1-4,15,19H,5-12H2. The molecular weight excluding hydrogens is 258 g/mol. The Kier molecular flexibility index (Phi) is 4.03. The summed E-state index contributed by atoms with van der Waals surface area (Å²) in [4.78, 5) is 1.85. The second kappa shape index (κ2) is 5.78. The number of nitrogens with one attached hydrogen (secondary N) is 1. The van der Waals surface area contributed by atoms with Gasteiger partial charge < -0.3 is 5.32 Å². The van der Waals surface area contributed by atoms with E-state index in [1.54, 1.807) is 0 Å². The molecule has 0 saturated carbocycles. The highest BCUT2D eigenvalue weighted by molar-refractivity contribution is 5.26. The van der Waals surface area contributed by atoms with Crippen molar-refractivity contribution in [1.82, 2.24) is 10.2 Å². The van der Waals surface area contributed by atoms with Crippen LogP contribution in [-0.2, 0) is 6.54 Å². The lowest BCUT2D eigenvalue weighted by atomic mass is 9.90. The maximum Gasteiger partial charge on any atom is 0.261 e. The highest BCUT2D eigenvalue weighted by Gasteiger charge is 2.37. The van der Waals surface area contributed by atoms with Crippen LogP contribution in [0.25, 0.3) is 0 Å². The Labute approximate surface area is 119 Å². The molecule has 20 heavy (non-hydrogen) atoms. The zero-order valence-corrected chi connectivity index (χ0v) is 11.7. The van der Waals surface area contributed by atoms with Crippen molar-refractivity contribution in [2.24, 2.45) is 0 Å². The van der Waals surface area contributed by atoms with Crippen molar-refractivity contribution in [3.63, 3.8) is 0 Å². The van der Waals surface area contributed by atoms with Gasteiger partial charge in [0.25, 0.3) is 5.92 Å². The smallest absolute Gasteiger partial charge is 0.261 e. The lowest BCUT2D eigenvalue weighted by Crippen LogP contribution is -2.26. The van der Waals surface area contributed by atoms with E-state index in [4.69, 9.17) is 0 Å². The van der Waals surface area contributed by atoms with E-state index in [1.807, 2.05) is 4.90 Å². The number of nitrogens with zero attached hydrogens (tertiary/aromatic N) is 1. The summed E-state index contributed by atoms with van der Waals surface area (Å²) in [5.41, 5.74) is 2.53. The molecule has 2 fully saturated rings. The van der Waals surface area contributed by atoms with Crippen LogP contribution in [0, 0.1) is 0 Å². The van der Waals surface area contributed by atoms with Crippen molar-refractivity contribution in [2.75, 3.05) is 26.2 Å². The molecule has 0 atom stereocenters. The van der Waals surface area contributed by atoms with Gasteiger partial charge in [0.15, 0.2) is 0 Å². The summed E-state index contributed by atoms with van der Waals surface area (Å²) in [5.74, 6) is -1.84. The fourth-order valence-corrected chi connectivity index (χ4v) is 3.25. The third-order valence-corrected chi connectivity index (χ3v) is 4.45. The second-order valence-corrected chi connectivity index (χ2v) is 6.08. The zero-order valence-electron chi connectivity index (χ0n) is 11.7. The maximum atomic E-state index is 13.2. The van der Waals surface area contributed by atoms with Gasteiger partial charge in [-0.2, -0.15) is 0 Å². The molecule has 0 unspecified atom stereocenters. The van der Waals surface area contributed by atoms with Crippen LogP contribution in [0.5, 0.6) is 0 Å². The van der Waals surface area contributed by atoms with E-state index in [9.17, 15) is 8.78 Å². The topological polar surface area (TPSA) is 15.3 Å². The number of likely N-dealkylation sites (tertiary alicyclic amines) is 1. The van der Waals surface area contributed by atoms with Gasteiger partial charge in [0.05, 0.1) is 6.54 Å². The molecule has 110 valence electrons. The van der Waals surface area contributed by atoms with Gasteiger partial charge in [0.1, 0.15) is 0 Å². The van der Waals surface area contributed by atoms with Gasteiger partial charge in [-0.15, -0.1) is 0 Å². The largest absolute Gasteiger partial charge is 0.317 e. The van der Waals surface area contributed by atoms with Crippen LogP contribution in [0.4, 0.5) is 8.78 Å². The number of alkyl halides is 2. The van der Waals surface area contributed by atoms with Crippen LogP contribution < -0.4 is 5.32 Å². The first-order chi connectivity index (χ1) is 9.62. The first-order valence-electron chi connectivity index (χ1n) is 7.52. The average molecular weight is 280 g/mol. The van der Waals surface area contributed by atoms with Crippen molar-refractivity contribution in [2.45, 2.75) is 37.6 Å². The molecule has 1 N–H and O–H groups in total. The van der Waals surface area contributed by atoms with E-state index in [-0.39, 0.29) is 13.0 Å². The quantitative estimate of drug-likeness (QED) is 0.915. The van der Waals surface area contributed by atoms with Gasteiger partial charge in [0, 0.05) is 19.5 Å². The van der Waals surface area contributed by atoms with Gasteiger partial charge in [0.2, 0.25) is 0 Å². The van der Waals surface area contributed by atoms with Crippen LogP contribution in [0.3, 0.4) is 0 Å². The molecule has 0 spiro atoms. The van der Waals surface area contributed by atoms with Crippen LogP contribution in [0.2, 0.25) is 0 Å². The minimum atomic E-state index is -2.49. The molecule has 0 bridgehead atoms. The van der Waals surface area contributed by atoms with Gasteiger partial charge in [-0.25, -0.2) is 8.78 Å². The van der Waals surface area contributed by atoms with E-state index in [0.29, 0.717) is 19.0 Å². The molecule has 1 aromatic carbocycles. The summed E-state index contributed by atoms with van der Waals surface area (Å²) in [6, 6.07) is 8.57. The molecule has 2 saturated heterocycles. The van der Waals surface area contributed by atoms with Crippen molar-refractivity contribution in [3.8, 4) is 0 Å². The molecule has 2 nitrogen and oxygen atoms in total. The molecule has 0 aromatic heterocycles. The third kappa shape index (κ3) is 3.36. The molecule has 4 heteroatoms. The number of benzene rings is 1. The van der Waals surface area contributed by atoms with Crippen molar-refractivity contribution in [1.29, 1.82) is 0 Å². The predicted octanol–water partition coefficient (Wildman–Crippen LogP) is 2.99. The monoisotopic (exact) mass is 280 g/mol. The molecule has 0 aliphatic carbocycles. The van der Waals surface area contributed by atoms with E-state index in [1.165, 1.54) is 18.4 Å². The fraction of sp³-hybridized carbons (Fsp3) is 0.625. The van der Waals surface area contributed by atoms with Crippen LogP contribution in [-0.4, -0.2) is 37.0 Å². The van der Waals surface area contributed by atoms with E-state index in [0.717, 1.165) is 18.7 Å². The third-order valence-electron chi connectivity index (χ3n) is 4.45. The summed E-state index contributed by atoms with van der Waals surface area (Å²) in [6.45, 7) is 3.23. The van der Waals surface area contributed by atoms with E-state index >= 15 is 0 Å². The number of hydrogen-bond donors (Lipinski definition) is 1. The maximum absolute atomic E-state index is 13.2. The molecule has 2 heterocycles. The SMILES string of the molecule is FC1(F)CCN(Cc2ccc(C3CCNCC3)cc2)C1. The van der Waals surface area contributed by atoms with Crippen LogP contribution in [0.15, 0.2) is 24.3 Å². The minimum absolute atomic E-state index is 0.000156. The Hall–Kier alpha value is -1.00. The molecule has 0 radical (unpaired) electrons. The fourth-order valence-electron chi connectivity index (χ4n) is 3.25. The second-order valence-electron chi connectivity index (χ2n) is 6.08. The first-order valence-corrected chi connectivity index (χ1v) is 7.52. The lowest BCUT2D eigenvalue weighted by molar-refractivity contribution is 0.0115. The van der Waals surface area contributed by atoms with Crippen LogP contribution >= 0.6 is 0 Å². The number of piperidine rings is 1. The first kappa shape index (κ1) is 14.0. The number of hydrogen-bond acceptors (Lipinski definition) is 2. The highest BCUT2D eigenvalue weighted by Crippen LogP contribution is 2.29. The molecule has 3 rings (SSSR count). The number of rotatable bonds is 3. The summed E-state index contributed by atoms with van der Waals surface area (Å²) in [7, 11) is 0. The molecular formula is C16H22F2N2. The summed E-state index contributed by atoms with van der Waals surface area (Å²) < 4.78 is 26.3. The zero-order chi connectivity index (χ0) is 14.0. The van der Waals surface area contributed by atoms with Crippen LogP contribution in [0.1, 0.15) is 36.3 Å². The Bertz CT molecular complexity index is 438. The van der Waals surface area contributed by atoms with Gasteiger partial charge in [-0.05, 0) is 43.0 Å². The van der Waals surface area contributed by atoms with Gasteiger partial charge >= 0.3 is 0 Å². The normalized spacial score (nSPS) is 24.1.